The van der Waals surface area contributed by atoms with Gasteiger partial charge in [0.1, 0.15) is 12.4 Å². The topological polar surface area (TPSA) is 48.1 Å². The molecular weight excluding hydrogens is 307 g/mol. The largest absolute Gasteiger partial charge is 0.487 e. The monoisotopic (exact) mass is 324 g/mol. The van der Waals surface area contributed by atoms with Crippen LogP contribution in [0.5, 0.6) is 5.75 Å². The van der Waals surface area contributed by atoms with Crippen molar-refractivity contribution in [2.24, 2.45) is 5.73 Å². The summed E-state index contributed by atoms with van der Waals surface area (Å²) in [5.74, 6) is 0.694. The molecule has 1 heterocycles. The molecule has 0 amide bonds. The SMILES string of the molecule is CCC(N)Cc1ccc(OCc2cc(Cl)ccc2Cl)cn1. The van der Waals surface area contributed by atoms with Crippen LogP contribution in [0.3, 0.4) is 0 Å². The van der Waals surface area contributed by atoms with E-state index in [4.69, 9.17) is 33.7 Å². The summed E-state index contributed by atoms with van der Waals surface area (Å²) in [6.45, 7) is 2.42. The molecule has 0 saturated carbocycles. The summed E-state index contributed by atoms with van der Waals surface area (Å²) in [6, 6.07) is 9.28. The molecule has 2 N–H and O–H groups in total. The van der Waals surface area contributed by atoms with Crippen LogP contribution in [0.2, 0.25) is 10.0 Å². The highest BCUT2D eigenvalue weighted by Gasteiger charge is 2.05. The number of ether oxygens (including phenoxy) is 1. The smallest absolute Gasteiger partial charge is 0.138 e. The number of pyridine rings is 1. The zero-order chi connectivity index (χ0) is 15.2. The first-order chi connectivity index (χ1) is 10.1. The van der Waals surface area contributed by atoms with Gasteiger partial charge in [-0.05, 0) is 36.8 Å². The average molecular weight is 325 g/mol. The number of nitrogens with zero attached hydrogens (tertiary/aromatic N) is 1. The fraction of sp³-hybridized carbons (Fsp3) is 0.312. The van der Waals surface area contributed by atoms with Crippen LogP contribution in [0.15, 0.2) is 36.5 Å². The highest BCUT2D eigenvalue weighted by molar-refractivity contribution is 6.33. The molecule has 0 aliphatic rings. The first-order valence-electron chi connectivity index (χ1n) is 6.85. The van der Waals surface area contributed by atoms with Crippen LogP contribution in [0.1, 0.15) is 24.6 Å². The second-order valence-corrected chi connectivity index (χ2v) is 5.73. The third-order valence-corrected chi connectivity index (χ3v) is 3.80. The number of hydrogen-bond acceptors (Lipinski definition) is 3. The summed E-state index contributed by atoms with van der Waals surface area (Å²) in [4.78, 5) is 4.35. The average Bonchev–Trinajstić information content (AvgIpc) is 2.49. The van der Waals surface area contributed by atoms with Crippen molar-refractivity contribution >= 4 is 23.2 Å². The van der Waals surface area contributed by atoms with Gasteiger partial charge in [-0.1, -0.05) is 30.1 Å². The summed E-state index contributed by atoms with van der Waals surface area (Å²) >= 11 is 12.0. The van der Waals surface area contributed by atoms with E-state index in [2.05, 4.69) is 11.9 Å². The van der Waals surface area contributed by atoms with Gasteiger partial charge in [0.2, 0.25) is 0 Å². The number of halogens is 2. The molecule has 0 aliphatic heterocycles. The molecule has 0 spiro atoms. The summed E-state index contributed by atoms with van der Waals surface area (Å²) in [5, 5.41) is 1.28. The standard InChI is InChI=1S/C16H18Cl2N2O/c1-2-13(19)8-14-4-5-15(9-20-14)21-10-11-7-12(17)3-6-16(11)18/h3-7,9,13H,2,8,10,19H2,1H3. The van der Waals surface area contributed by atoms with E-state index in [0.29, 0.717) is 22.4 Å². The van der Waals surface area contributed by atoms with Crippen LogP contribution < -0.4 is 10.5 Å². The molecular formula is C16H18Cl2N2O. The van der Waals surface area contributed by atoms with Crippen LogP contribution in [-0.2, 0) is 13.0 Å². The Hall–Kier alpha value is -1.29. The van der Waals surface area contributed by atoms with E-state index < -0.39 is 0 Å². The van der Waals surface area contributed by atoms with Gasteiger partial charge in [0, 0.05) is 33.8 Å². The Kier molecular flexibility index (Phi) is 5.85. The van der Waals surface area contributed by atoms with Gasteiger partial charge in [-0.25, -0.2) is 0 Å². The van der Waals surface area contributed by atoms with Gasteiger partial charge in [-0.15, -0.1) is 0 Å². The molecule has 0 fully saturated rings. The lowest BCUT2D eigenvalue weighted by Crippen LogP contribution is -2.21. The fourth-order valence-electron chi connectivity index (χ4n) is 1.85. The Labute approximate surface area is 135 Å². The molecule has 5 heteroatoms. The van der Waals surface area contributed by atoms with E-state index in [0.717, 1.165) is 24.1 Å². The maximum absolute atomic E-state index is 6.09. The molecule has 2 aromatic rings. The van der Waals surface area contributed by atoms with Crippen LogP contribution in [0, 0.1) is 0 Å². The van der Waals surface area contributed by atoms with Crippen molar-refractivity contribution in [2.45, 2.75) is 32.4 Å². The van der Waals surface area contributed by atoms with E-state index in [1.54, 1.807) is 24.4 Å². The summed E-state index contributed by atoms with van der Waals surface area (Å²) in [6.07, 6.45) is 3.42. The Morgan fingerprint density at radius 2 is 2.05 bits per heavy atom. The maximum Gasteiger partial charge on any atom is 0.138 e. The molecule has 1 aromatic heterocycles. The van der Waals surface area contributed by atoms with Crippen LogP contribution in [0.4, 0.5) is 0 Å². The molecule has 0 radical (unpaired) electrons. The van der Waals surface area contributed by atoms with Crippen molar-refractivity contribution in [1.82, 2.24) is 4.98 Å². The predicted molar refractivity (Wildman–Crippen MR) is 87.0 cm³/mol. The number of rotatable bonds is 6. The van der Waals surface area contributed by atoms with Crippen molar-refractivity contribution < 1.29 is 4.74 Å². The third-order valence-electron chi connectivity index (χ3n) is 3.20. The van der Waals surface area contributed by atoms with E-state index in [1.807, 2.05) is 12.1 Å². The summed E-state index contributed by atoms with van der Waals surface area (Å²) in [7, 11) is 0. The molecule has 1 atom stereocenters. The van der Waals surface area contributed by atoms with Crippen LogP contribution in [-0.4, -0.2) is 11.0 Å². The molecule has 0 aliphatic carbocycles. The molecule has 21 heavy (non-hydrogen) atoms. The minimum Gasteiger partial charge on any atom is -0.487 e. The fourth-order valence-corrected chi connectivity index (χ4v) is 2.21. The zero-order valence-electron chi connectivity index (χ0n) is 11.9. The minimum atomic E-state index is 0.148. The number of benzene rings is 1. The minimum absolute atomic E-state index is 0.148. The van der Waals surface area contributed by atoms with E-state index in [9.17, 15) is 0 Å². The van der Waals surface area contributed by atoms with Crippen molar-refractivity contribution in [1.29, 1.82) is 0 Å². The molecule has 0 bridgehead atoms. The molecule has 3 nitrogen and oxygen atoms in total. The van der Waals surface area contributed by atoms with Crippen molar-refractivity contribution in [3.05, 3.63) is 57.8 Å². The van der Waals surface area contributed by atoms with Crippen molar-refractivity contribution in [3.63, 3.8) is 0 Å². The van der Waals surface area contributed by atoms with Crippen molar-refractivity contribution in [2.75, 3.05) is 0 Å². The van der Waals surface area contributed by atoms with Crippen LogP contribution >= 0.6 is 23.2 Å². The Morgan fingerprint density at radius 1 is 1.24 bits per heavy atom. The van der Waals surface area contributed by atoms with Gasteiger partial charge in [0.15, 0.2) is 0 Å². The Balaban J connectivity index is 1.96. The third kappa shape index (κ3) is 4.88. The lowest BCUT2D eigenvalue weighted by Gasteiger charge is -2.10. The second-order valence-electron chi connectivity index (χ2n) is 4.88. The lowest BCUT2D eigenvalue weighted by atomic mass is 10.1. The summed E-state index contributed by atoms with van der Waals surface area (Å²) < 4.78 is 5.68. The van der Waals surface area contributed by atoms with E-state index >= 15 is 0 Å². The highest BCUT2D eigenvalue weighted by atomic mass is 35.5. The Bertz CT molecular complexity index is 587. The molecule has 1 aromatic carbocycles. The van der Waals surface area contributed by atoms with Gasteiger partial charge >= 0.3 is 0 Å². The second kappa shape index (κ2) is 7.64. The molecule has 0 saturated heterocycles. The van der Waals surface area contributed by atoms with Crippen LogP contribution in [0.25, 0.3) is 0 Å². The highest BCUT2D eigenvalue weighted by Crippen LogP contribution is 2.22. The molecule has 1 unspecified atom stereocenters. The molecule has 2 rings (SSSR count). The van der Waals surface area contributed by atoms with Crippen molar-refractivity contribution in [3.8, 4) is 5.75 Å². The van der Waals surface area contributed by atoms with Gasteiger partial charge in [-0.2, -0.15) is 0 Å². The maximum atomic E-state index is 6.09. The van der Waals surface area contributed by atoms with E-state index in [-0.39, 0.29) is 6.04 Å². The number of aromatic nitrogens is 1. The number of hydrogen-bond donors (Lipinski definition) is 1. The van der Waals surface area contributed by atoms with E-state index in [1.165, 1.54) is 0 Å². The van der Waals surface area contributed by atoms with Gasteiger partial charge in [0.25, 0.3) is 0 Å². The first kappa shape index (κ1) is 16.1. The first-order valence-corrected chi connectivity index (χ1v) is 7.61. The van der Waals surface area contributed by atoms with Gasteiger partial charge < -0.3 is 10.5 Å². The number of nitrogens with two attached hydrogens (primary N) is 1. The quantitative estimate of drug-likeness (QED) is 0.864. The van der Waals surface area contributed by atoms with Gasteiger partial charge in [-0.3, -0.25) is 4.98 Å². The predicted octanol–water partition coefficient (Wildman–Crippen LogP) is 4.25. The Morgan fingerprint density at radius 3 is 2.71 bits per heavy atom. The normalized spacial score (nSPS) is 12.2. The lowest BCUT2D eigenvalue weighted by molar-refractivity contribution is 0.305. The zero-order valence-corrected chi connectivity index (χ0v) is 13.4. The van der Waals surface area contributed by atoms with Gasteiger partial charge in [0.05, 0.1) is 6.20 Å². The summed E-state index contributed by atoms with van der Waals surface area (Å²) in [5.41, 5.74) is 7.73. The molecule has 112 valence electrons.